The number of nitro groups is 1. The average molecular weight is 286 g/mol. The molecule has 0 bridgehead atoms. The van der Waals surface area contributed by atoms with Gasteiger partial charge in [-0.3, -0.25) is 10.1 Å². The number of aliphatic carboxylic acids is 1. The second-order valence-corrected chi connectivity index (χ2v) is 3.83. The number of hydrogen-bond donors (Lipinski definition) is 1. The van der Waals surface area contributed by atoms with Gasteiger partial charge >= 0.3 is 5.97 Å². The first-order valence-corrected chi connectivity index (χ1v) is 5.07. The summed E-state index contributed by atoms with van der Waals surface area (Å²) >= 11 is 3.20. The van der Waals surface area contributed by atoms with Crippen LogP contribution in [0.1, 0.15) is 11.1 Å². The molecule has 84 valence electrons. The third-order valence-corrected chi connectivity index (χ3v) is 3.04. The summed E-state index contributed by atoms with van der Waals surface area (Å²) in [5, 5.41) is 19.1. The van der Waals surface area contributed by atoms with Gasteiger partial charge < -0.3 is 5.11 Å². The summed E-state index contributed by atoms with van der Waals surface area (Å²) < 4.78 is 0.527. The van der Waals surface area contributed by atoms with Gasteiger partial charge in [-0.25, -0.2) is 4.79 Å². The highest BCUT2D eigenvalue weighted by molar-refractivity contribution is 9.10. The van der Waals surface area contributed by atoms with E-state index in [1.165, 1.54) is 18.2 Å². The van der Waals surface area contributed by atoms with Crippen LogP contribution in [-0.2, 0) is 4.79 Å². The molecule has 0 unspecified atom stereocenters. The quantitative estimate of drug-likeness (QED) is 0.526. The lowest BCUT2D eigenvalue weighted by atomic mass is 10.1. The number of carbonyl (C=O) groups is 1. The van der Waals surface area contributed by atoms with E-state index in [1.807, 2.05) is 0 Å². The first-order chi connectivity index (χ1) is 7.43. The molecule has 0 atom stereocenters. The van der Waals surface area contributed by atoms with Crippen LogP contribution >= 0.6 is 15.9 Å². The van der Waals surface area contributed by atoms with Gasteiger partial charge in [-0.15, -0.1) is 0 Å². The van der Waals surface area contributed by atoms with Crippen LogP contribution in [0.5, 0.6) is 0 Å². The van der Waals surface area contributed by atoms with E-state index in [4.69, 9.17) is 5.11 Å². The standard InChI is InChI=1S/C10H8BrNO4/c1-6-8(12(15)16)4-2-7(10(6)11)3-5-9(13)14/h2-5H,1H3,(H,13,14)/b5-3+. The topological polar surface area (TPSA) is 80.4 Å². The fraction of sp³-hybridized carbons (Fsp3) is 0.100. The minimum atomic E-state index is -1.07. The third-order valence-electron chi connectivity index (χ3n) is 1.99. The molecule has 0 spiro atoms. The van der Waals surface area contributed by atoms with Gasteiger partial charge in [0.1, 0.15) is 0 Å². The molecule has 0 amide bonds. The van der Waals surface area contributed by atoms with Crippen molar-refractivity contribution in [2.75, 3.05) is 0 Å². The van der Waals surface area contributed by atoms with Gasteiger partial charge in [-0.2, -0.15) is 0 Å². The van der Waals surface area contributed by atoms with Crippen molar-refractivity contribution >= 4 is 33.7 Å². The molecule has 0 aliphatic heterocycles. The summed E-state index contributed by atoms with van der Waals surface area (Å²) in [7, 11) is 0. The molecule has 1 N–H and O–H groups in total. The Kier molecular flexibility index (Phi) is 3.78. The van der Waals surface area contributed by atoms with Gasteiger partial charge in [0.2, 0.25) is 0 Å². The molecule has 0 fully saturated rings. The minimum Gasteiger partial charge on any atom is -0.478 e. The predicted molar refractivity (Wildman–Crippen MR) is 62.2 cm³/mol. The van der Waals surface area contributed by atoms with E-state index < -0.39 is 10.9 Å². The molecule has 1 aromatic carbocycles. The Balaban J connectivity index is 3.22. The third kappa shape index (κ3) is 2.66. The number of benzene rings is 1. The lowest BCUT2D eigenvalue weighted by Gasteiger charge is -2.03. The number of nitro benzene ring substituents is 1. The highest BCUT2D eigenvalue weighted by atomic mass is 79.9. The average Bonchev–Trinajstić information content (AvgIpc) is 2.19. The lowest BCUT2D eigenvalue weighted by Crippen LogP contribution is -1.94. The Morgan fingerprint density at radius 2 is 2.19 bits per heavy atom. The number of halogens is 1. The van der Waals surface area contributed by atoms with E-state index in [9.17, 15) is 14.9 Å². The molecule has 0 saturated carbocycles. The van der Waals surface area contributed by atoms with Crippen molar-refractivity contribution < 1.29 is 14.8 Å². The van der Waals surface area contributed by atoms with E-state index in [-0.39, 0.29) is 5.69 Å². The molecular weight excluding hydrogens is 278 g/mol. The maximum Gasteiger partial charge on any atom is 0.328 e. The largest absolute Gasteiger partial charge is 0.478 e. The molecule has 0 radical (unpaired) electrons. The van der Waals surface area contributed by atoms with Gasteiger partial charge in [0, 0.05) is 22.2 Å². The van der Waals surface area contributed by atoms with Crippen molar-refractivity contribution in [3.63, 3.8) is 0 Å². The normalized spacial score (nSPS) is 10.6. The summed E-state index contributed by atoms with van der Waals surface area (Å²) in [6.07, 6.45) is 2.36. The zero-order chi connectivity index (χ0) is 12.3. The van der Waals surface area contributed by atoms with Crippen molar-refractivity contribution in [2.24, 2.45) is 0 Å². The van der Waals surface area contributed by atoms with Crippen molar-refractivity contribution in [1.29, 1.82) is 0 Å². The van der Waals surface area contributed by atoms with Crippen LogP contribution < -0.4 is 0 Å². The maximum absolute atomic E-state index is 10.6. The van der Waals surface area contributed by atoms with Crippen LogP contribution in [0, 0.1) is 17.0 Å². The maximum atomic E-state index is 10.6. The Morgan fingerprint density at radius 1 is 1.56 bits per heavy atom. The van der Waals surface area contributed by atoms with Crippen LogP contribution in [0.4, 0.5) is 5.69 Å². The fourth-order valence-electron chi connectivity index (χ4n) is 1.18. The highest BCUT2D eigenvalue weighted by Crippen LogP contribution is 2.29. The fourth-order valence-corrected chi connectivity index (χ4v) is 1.65. The van der Waals surface area contributed by atoms with Crippen molar-refractivity contribution in [3.05, 3.63) is 43.9 Å². The van der Waals surface area contributed by atoms with E-state index in [1.54, 1.807) is 6.92 Å². The molecule has 0 aliphatic rings. The number of carboxylic acids is 1. The number of hydrogen-bond acceptors (Lipinski definition) is 3. The Labute approximate surface area is 99.7 Å². The Morgan fingerprint density at radius 3 is 2.69 bits per heavy atom. The molecule has 0 heterocycles. The molecule has 5 nitrogen and oxygen atoms in total. The first kappa shape index (κ1) is 12.4. The molecular formula is C10H8BrNO4. The molecule has 1 rings (SSSR count). The first-order valence-electron chi connectivity index (χ1n) is 4.28. The van der Waals surface area contributed by atoms with E-state index in [0.29, 0.717) is 15.6 Å². The summed E-state index contributed by atoms with van der Waals surface area (Å²) in [4.78, 5) is 20.5. The SMILES string of the molecule is Cc1c([N+](=O)[O-])ccc(/C=C/C(=O)O)c1Br. The zero-order valence-electron chi connectivity index (χ0n) is 8.31. The van der Waals surface area contributed by atoms with Gasteiger partial charge in [0.25, 0.3) is 5.69 Å². The Bertz CT molecular complexity index is 482. The number of nitrogens with zero attached hydrogens (tertiary/aromatic N) is 1. The summed E-state index contributed by atoms with van der Waals surface area (Å²) in [6.45, 7) is 1.60. The van der Waals surface area contributed by atoms with Gasteiger partial charge in [0.15, 0.2) is 0 Å². The van der Waals surface area contributed by atoms with Crippen molar-refractivity contribution in [2.45, 2.75) is 6.92 Å². The molecule has 0 aliphatic carbocycles. The molecule has 0 saturated heterocycles. The van der Waals surface area contributed by atoms with Crippen LogP contribution in [0.25, 0.3) is 6.08 Å². The monoisotopic (exact) mass is 285 g/mol. The molecule has 6 heteroatoms. The van der Waals surface area contributed by atoms with Crippen molar-refractivity contribution in [1.82, 2.24) is 0 Å². The van der Waals surface area contributed by atoms with Crippen molar-refractivity contribution in [3.8, 4) is 0 Å². The lowest BCUT2D eigenvalue weighted by molar-refractivity contribution is -0.385. The van der Waals surface area contributed by atoms with Crippen LogP contribution in [0.15, 0.2) is 22.7 Å². The predicted octanol–water partition coefficient (Wildman–Crippen LogP) is 2.76. The van der Waals surface area contributed by atoms with Gasteiger partial charge in [-0.1, -0.05) is 0 Å². The summed E-state index contributed by atoms with van der Waals surface area (Å²) in [5.74, 6) is -1.07. The smallest absolute Gasteiger partial charge is 0.328 e. The second-order valence-electron chi connectivity index (χ2n) is 3.04. The highest BCUT2D eigenvalue weighted by Gasteiger charge is 2.14. The molecule has 0 aromatic heterocycles. The molecule has 16 heavy (non-hydrogen) atoms. The Hall–Kier alpha value is -1.69. The summed E-state index contributed by atoms with van der Waals surface area (Å²) in [5.41, 5.74) is 1.06. The van der Waals surface area contributed by atoms with Crippen LogP contribution in [0.2, 0.25) is 0 Å². The second kappa shape index (κ2) is 4.89. The minimum absolute atomic E-state index is 0.000602. The molecule has 1 aromatic rings. The number of rotatable bonds is 3. The van der Waals surface area contributed by atoms with Crippen LogP contribution in [0.3, 0.4) is 0 Å². The summed E-state index contributed by atoms with van der Waals surface area (Å²) in [6, 6.07) is 2.84. The van der Waals surface area contributed by atoms with Gasteiger partial charge in [0.05, 0.1) is 4.92 Å². The van der Waals surface area contributed by atoms with Gasteiger partial charge in [-0.05, 0) is 40.6 Å². The van der Waals surface area contributed by atoms with Crippen LogP contribution in [-0.4, -0.2) is 16.0 Å². The zero-order valence-corrected chi connectivity index (χ0v) is 9.89. The number of carboxylic acid groups (broad SMARTS) is 1. The van der Waals surface area contributed by atoms with E-state index in [2.05, 4.69) is 15.9 Å². The van der Waals surface area contributed by atoms with E-state index >= 15 is 0 Å². The van der Waals surface area contributed by atoms with E-state index in [0.717, 1.165) is 6.08 Å².